The molecule has 1 saturated carbocycles. The zero-order chi connectivity index (χ0) is 14.5. The van der Waals surface area contributed by atoms with Gasteiger partial charge in [0.1, 0.15) is 5.75 Å². The Hall–Kier alpha value is -0.930. The second-order valence-corrected chi connectivity index (χ2v) is 6.02. The van der Waals surface area contributed by atoms with Gasteiger partial charge in [-0.15, -0.1) is 0 Å². The third-order valence-corrected chi connectivity index (χ3v) is 4.05. The molecule has 0 aromatic heterocycles. The summed E-state index contributed by atoms with van der Waals surface area (Å²) in [6.45, 7) is 1.73. The van der Waals surface area contributed by atoms with Crippen LogP contribution in [-0.2, 0) is 4.79 Å². The van der Waals surface area contributed by atoms with Crippen LogP contribution >= 0.6 is 23.2 Å². The molecule has 1 unspecified atom stereocenters. The van der Waals surface area contributed by atoms with Crippen LogP contribution in [0.25, 0.3) is 0 Å². The number of hydrogen-bond donors (Lipinski definition) is 1. The van der Waals surface area contributed by atoms with Crippen LogP contribution in [-0.4, -0.2) is 18.1 Å². The van der Waals surface area contributed by atoms with E-state index in [1.54, 1.807) is 25.1 Å². The predicted molar refractivity (Wildman–Crippen MR) is 81.6 cm³/mol. The summed E-state index contributed by atoms with van der Waals surface area (Å²) in [7, 11) is 0. The van der Waals surface area contributed by atoms with Gasteiger partial charge in [0.05, 0.1) is 5.02 Å². The van der Waals surface area contributed by atoms with Crippen LogP contribution < -0.4 is 10.1 Å². The highest BCUT2D eigenvalue weighted by atomic mass is 35.5. The highest BCUT2D eigenvalue weighted by molar-refractivity contribution is 6.35. The minimum Gasteiger partial charge on any atom is -0.479 e. The fraction of sp³-hybridized carbons (Fsp3) is 0.533. The minimum atomic E-state index is -0.574. The smallest absolute Gasteiger partial charge is 0.260 e. The average Bonchev–Trinajstić information content (AvgIpc) is 2.43. The van der Waals surface area contributed by atoms with E-state index in [4.69, 9.17) is 27.9 Å². The molecule has 1 amide bonds. The van der Waals surface area contributed by atoms with Crippen LogP contribution in [0.4, 0.5) is 0 Å². The molecule has 1 aliphatic carbocycles. The summed E-state index contributed by atoms with van der Waals surface area (Å²) >= 11 is 11.9. The largest absolute Gasteiger partial charge is 0.479 e. The van der Waals surface area contributed by atoms with Gasteiger partial charge in [-0.05, 0) is 38.0 Å². The summed E-state index contributed by atoms with van der Waals surface area (Å²) in [5.74, 6) is 0.380. The summed E-state index contributed by atoms with van der Waals surface area (Å²) in [5, 5.41) is 3.99. The molecule has 0 bridgehead atoms. The number of ether oxygens (including phenoxy) is 1. The van der Waals surface area contributed by atoms with Gasteiger partial charge in [0.2, 0.25) is 0 Å². The van der Waals surface area contributed by atoms with Gasteiger partial charge in [-0.2, -0.15) is 0 Å². The van der Waals surface area contributed by atoms with Crippen molar-refractivity contribution in [1.29, 1.82) is 0 Å². The number of amides is 1. The molecule has 0 saturated heterocycles. The minimum absolute atomic E-state index is 0.0945. The third kappa shape index (κ3) is 4.29. The van der Waals surface area contributed by atoms with Gasteiger partial charge in [0.25, 0.3) is 5.91 Å². The van der Waals surface area contributed by atoms with Crippen molar-refractivity contribution < 1.29 is 9.53 Å². The summed E-state index contributed by atoms with van der Waals surface area (Å²) in [6, 6.07) is 5.25. The van der Waals surface area contributed by atoms with Gasteiger partial charge >= 0.3 is 0 Å². The summed E-state index contributed by atoms with van der Waals surface area (Å²) in [6.07, 6.45) is 5.17. The Bertz CT molecular complexity index is 473. The zero-order valence-corrected chi connectivity index (χ0v) is 13.0. The lowest BCUT2D eigenvalue weighted by Crippen LogP contribution is -2.43. The van der Waals surface area contributed by atoms with Crippen molar-refractivity contribution in [2.75, 3.05) is 0 Å². The quantitative estimate of drug-likeness (QED) is 0.903. The molecule has 20 heavy (non-hydrogen) atoms. The number of carbonyl (C=O) groups is 1. The first-order chi connectivity index (χ1) is 9.56. The maximum Gasteiger partial charge on any atom is 0.260 e. The highest BCUT2D eigenvalue weighted by Crippen LogP contribution is 2.28. The van der Waals surface area contributed by atoms with Crippen molar-refractivity contribution >= 4 is 29.1 Å². The molecule has 1 aromatic carbocycles. The molecule has 1 N–H and O–H groups in total. The Kier molecular flexibility index (Phi) is 5.55. The molecular formula is C15H19Cl2NO2. The van der Waals surface area contributed by atoms with Crippen molar-refractivity contribution in [1.82, 2.24) is 5.32 Å². The van der Waals surface area contributed by atoms with Gasteiger partial charge < -0.3 is 10.1 Å². The Morgan fingerprint density at radius 2 is 2.00 bits per heavy atom. The van der Waals surface area contributed by atoms with Gasteiger partial charge in [-0.3, -0.25) is 4.79 Å². The first-order valence-electron chi connectivity index (χ1n) is 6.98. The fourth-order valence-corrected chi connectivity index (χ4v) is 2.83. The van der Waals surface area contributed by atoms with Crippen LogP contribution in [0, 0.1) is 0 Å². The first-order valence-corrected chi connectivity index (χ1v) is 7.74. The van der Waals surface area contributed by atoms with E-state index >= 15 is 0 Å². The summed E-state index contributed by atoms with van der Waals surface area (Å²) in [4.78, 5) is 12.1. The Morgan fingerprint density at radius 1 is 1.30 bits per heavy atom. The normalized spacial score (nSPS) is 17.6. The average molecular weight is 316 g/mol. The van der Waals surface area contributed by atoms with E-state index in [1.165, 1.54) is 19.3 Å². The first kappa shape index (κ1) is 15.5. The number of benzene rings is 1. The maximum atomic E-state index is 12.1. The predicted octanol–water partition coefficient (Wildman–Crippen LogP) is 4.21. The van der Waals surface area contributed by atoms with Crippen LogP contribution in [0.3, 0.4) is 0 Å². The number of rotatable bonds is 4. The molecule has 0 heterocycles. The summed E-state index contributed by atoms with van der Waals surface area (Å²) < 4.78 is 5.60. The molecule has 0 radical (unpaired) electrons. The Labute approximate surface area is 129 Å². The monoisotopic (exact) mass is 315 g/mol. The fourth-order valence-electron chi connectivity index (χ4n) is 2.38. The highest BCUT2D eigenvalue weighted by Gasteiger charge is 2.21. The number of nitrogens with one attached hydrogen (secondary N) is 1. The molecule has 110 valence electrons. The second kappa shape index (κ2) is 7.19. The number of hydrogen-bond acceptors (Lipinski definition) is 2. The van der Waals surface area contributed by atoms with Crippen LogP contribution in [0.1, 0.15) is 39.0 Å². The molecule has 3 nitrogen and oxygen atoms in total. The van der Waals surface area contributed by atoms with Crippen LogP contribution in [0.15, 0.2) is 18.2 Å². The molecule has 0 aliphatic heterocycles. The maximum absolute atomic E-state index is 12.1. The lowest BCUT2D eigenvalue weighted by molar-refractivity contribution is -0.128. The van der Waals surface area contributed by atoms with E-state index in [0.717, 1.165) is 12.8 Å². The van der Waals surface area contributed by atoms with Gasteiger partial charge in [-0.1, -0.05) is 42.5 Å². The molecule has 1 aromatic rings. The molecule has 5 heteroatoms. The lowest BCUT2D eigenvalue weighted by Gasteiger charge is -2.24. The van der Waals surface area contributed by atoms with E-state index in [1.807, 2.05) is 0 Å². The molecule has 1 fully saturated rings. The van der Waals surface area contributed by atoms with Crippen molar-refractivity contribution in [3.05, 3.63) is 28.2 Å². The number of halogens is 2. The molecule has 1 aliphatic rings. The van der Waals surface area contributed by atoms with E-state index in [9.17, 15) is 4.79 Å². The van der Waals surface area contributed by atoms with Crippen LogP contribution in [0.2, 0.25) is 10.0 Å². The van der Waals surface area contributed by atoms with Gasteiger partial charge in [0, 0.05) is 11.1 Å². The van der Waals surface area contributed by atoms with E-state index in [2.05, 4.69) is 5.32 Å². The topological polar surface area (TPSA) is 38.3 Å². The number of carbonyl (C=O) groups excluding carboxylic acids is 1. The van der Waals surface area contributed by atoms with Crippen LogP contribution in [0.5, 0.6) is 5.75 Å². The van der Waals surface area contributed by atoms with Crippen molar-refractivity contribution in [3.63, 3.8) is 0 Å². The van der Waals surface area contributed by atoms with E-state index < -0.39 is 6.10 Å². The van der Waals surface area contributed by atoms with Crippen molar-refractivity contribution in [3.8, 4) is 5.75 Å². The third-order valence-electron chi connectivity index (χ3n) is 3.52. The van der Waals surface area contributed by atoms with Gasteiger partial charge in [0.15, 0.2) is 6.10 Å². The zero-order valence-electron chi connectivity index (χ0n) is 11.5. The molecule has 1 atom stereocenters. The van der Waals surface area contributed by atoms with Crippen molar-refractivity contribution in [2.45, 2.75) is 51.2 Å². The van der Waals surface area contributed by atoms with Crippen molar-refractivity contribution in [2.24, 2.45) is 0 Å². The molecular weight excluding hydrogens is 297 g/mol. The van der Waals surface area contributed by atoms with Gasteiger partial charge in [-0.25, -0.2) is 0 Å². The van der Waals surface area contributed by atoms with E-state index in [-0.39, 0.29) is 11.9 Å². The molecule has 0 spiro atoms. The molecule has 2 rings (SSSR count). The Balaban J connectivity index is 1.89. The second-order valence-electron chi connectivity index (χ2n) is 5.18. The Morgan fingerprint density at radius 3 is 2.65 bits per heavy atom. The SMILES string of the molecule is CC(Oc1ccc(Cl)cc1Cl)C(=O)NC1CCCCC1. The summed E-state index contributed by atoms with van der Waals surface area (Å²) in [5.41, 5.74) is 0. The lowest BCUT2D eigenvalue weighted by atomic mass is 9.95. The van der Waals surface area contributed by atoms with E-state index in [0.29, 0.717) is 15.8 Å². The standard InChI is InChI=1S/C15H19Cl2NO2/c1-10(15(19)18-12-5-3-2-4-6-12)20-14-8-7-11(16)9-13(14)17/h7-10,12H,2-6H2,1H3,(H,18,19).